The number of nitrogens with one attached hydrogen (secondary N) is 1. The van der Waals surface area contributed by atoms with E-state index >= 15 is 0 Å². The van der Waals surface area contributed by atoms with Gasteiger partial charge in [0.1, 0.15) is 0 Å². The second kappa shape index (κ2) is 6.26. The SMILES string of the molecule is CN(C(=O)NCCc1ccccc1)C1CCS(=O)(=O)C1. The number of hydrogen-bond acceptors (Lipinski definition) is 3. The van der Waals surface area contributed by atoms with Gasteiger partial charge in [0.25, 0.3) is 0 Å². The van der Waals surface area contributed by atoms with E-state index in [0.29, 0.717) is 13.0 Å². The molecular formula is C14H20N2O3S. The fourth-order valence-electron chi connectivity index (χ4n) is 2.33. The van der Waals surface area contributed by atoms with Gasteiger partial charge in [0.2, 0.25) is 0 Å². The molecule has 1 aromatic carbocycles. The first kappa shape index (κ1) is 14.8. The van der Waals surface area contributed by atoms with Crippen LogP contribution in [0.3, 0.4) is 0 Å². The molecule has 1 saturated heterocycles. The maximum Gasteiger partial charge on any atom is 0.317 e. The second-order valence-electron chi connectivity index (χ2n) is 5.14. The van der Waals surface area contributed by atoms with E-state index in [9.17, 15) is 13.2 Å². The molecule has 1 heterocycles. The van der Waals surface area contributed by atoms with Crippen LogP contribution in [-0.4, -0.2) is 50.5 Å². The Morgan fingerprint density at radius 3 is 2.65 bits per heavy atom. The van der Waals surface area contributed by atoms with Crippen molar-refractivity contribution < 1.29 is 13.2 Å². The topological polar surface area (TPSA) is 66.5 Å². The van der Waals surface area contributed by atoms with E-state index in [0.717, 1.165) is 6.42 Å². The van der Waals surface area contributed by atoms with Crippen LogP contribution < -0.4 is 5.32 Å². The second-order valence-corrected chi connectivity index (χ2v) is 7.36. The van der Waals surface area contributed by atoms with Gasteiger partial charge in [-0.2, -0.15) is 0 Å². The number of urea groups is 1. The van der Waals surface area contributed by atoms with Crippen molar-refractivity contribution in [2.24, 2.45) is 0 Å². The van der Waals surface area contributed by atoms with Gasteiger partial charge in [0.15, 0.2) is 9.84 Å². The smallest absolute Gasteiger partial charge is 0.317 e. The molecule has 0 saturated carbocycles. The number of carbonyl (C=O) groups is 1. The summed E-state index contributed by atoms with van der Waals surface area (Å²) in [5, 5.41) is 2.83. The Morgan fingerprint density at radius 2 is 2.05 bits per heavy atom. The fourth-order valence-corrected chi connectivity index (χ4v) is 4.10. The Morgan fingerprint density at radius 1 is 1.35 bits per heavy atom. The third-order valence-electron chi connectivity index (χ3n) is 3.61. The zero-order valence-electron chi connectivity index (χ0n) is 11.6. The van der Waals surface area contributed by atoms with E-state index in [1.807, 2.05) is 30.3 Å². The molecule has 1 fully saturated rings. The summed E-state index contributed by atoms with van der Waals surface area (Å²) in [4.78, 5) is 13.5. The van der Waals surface area contributed by atoms with Crippen LogP contribution in [0.5, 0.6) is 0 Å². The van der Waals surface area contributed by atoms with Crippen molar-refractivity contribution in [2.75, 3.05) is 25.1 Å². The van der Waals surface area contributed by atoms with Crippen molar-refractivity contribution in [3.8, 4) is 0 Å². The first-order chi connectivity index (χ1) is 9.48. The van der Waals surface area contributed by atoms with Crippen LogP contribution in [0.15, 0.2) is 30.3 Å². The van der Waals surface area contributed by atoms with Gasteiger partial charge in [-0.05, 0) is 18.4 Å². The minimum Gasteiger partial charge on any atom is -0.338 e. The first-order valence-electron chi connectivity index (χ1n) is 6.73. The third-order valence-corrected chi connectivity index (χ3v) is 5.36. The highest BCUT2D eigenvalue weighted by Gasteiger charge is 2.32. The van der Waals surface area contributed by atoms with Gasteiger partial charge in [-0.3, -0.25) is 0 Å². The molecule has 0 bridgehead atoms. The average Bonchev–Trinajstić information content (AvgIpc) is 2.79. The highest BCUT2D eigenvalue weighted by Crippen LogP contribution is 2.16. The first-order valence-corrected chi connectivity index (χ1v) is 8.55. The molecular weight excluding hydrogens is 276 g/mol. The van der Waals surface area contributed by atoms with Gasteiger partial charge in [-0.1, -0.05) is 30.3 Å². The number of carbonyl (C=O) groups excluding carboxylic acids is 1. The van der Waals surface area contributed by atoms with Crippen LogP contribution in [0.4, 0.5) is 4.79 Å². The van der Waals surface area contributed by atoms with Crippen molar-refractivity contribution in [3.63, 3.8) is 0 Å². The van der Waals surface area contributed by atoms with Gasteiger partial charge >= 0.3 is 6.03 Å². The van der Waals surface area contributed by atoms with Crippen LogP contribution in [-0.2, 0) is 16.3 Å². The fraction of sp³-hybridized carbons (Fsp3) is 0.500. The number of amides is 2. The number of sulfone groups is 1. The molecule has 2 amide bonds. The summed E-state index contributed by atoms with van der Waals surface area (Å²) in [6.45, 7) is 0.548. The molecule has 0 aromatic heterocycles. The highest BCUT2D eigenvalue weighted by atomic mass is 32.2. The lowest BCUT2D eigenvalue weighted by molar-refractivity contribution is 0.195. The van der Waals surface area contributed by atoms with Gasteiger partial charge in [-0.15, -0.1) is 0 Å². The Kier molecular flexibility index (Phi) is 4.65. The standard InChI is InChI=1S/C14H20N2O3S/c1-16(13-8-10-20(18,19)11-13)14(17)15-9-7-12-5-3-2-4-6-12/h2-6,13H,7-11H2,1H3,(H,15,17). The average molecular weight is 296 g/mol. The maximum absolute atomic E-state index is 12.0. The van der Waals surface area contributed by atoms with E-state index in [2.05, 4.69) is 5.32 Å². The highest BCUT2D eigenvalue weighted by molar-refractivity contribution is 7.91. The lowest BCUT2D eigenvalue weighted by Gasteiger charge is -2.23. The lowest BCUT2D eigenvalue weighted by Crippen LogP contribution is -2.44. The van der Waals surface area contributed by atoms with Gasteiger partial charge in [0, 0.05) is 19.6 Å². The van der Waals surface area contributed by atoms with Crippen LogP contribution in [0, 0.1) is 0 Å². The van der Waals surface area contributed by atoms with Crippen molar-refractivity contribution in [2.45, 2.75) is 18.9 Å². The molecule has 1 aliphatic heterocycles. The molecule has 110 valence electrons. The zero-order valence-corrected chi connectivity index (χ0v) is 12.4. The van der Waals surface area contributed by atoms with Gasteiger partial charge in [-0.25, -0.2) is 13.2 Å². The molecule has 5 nitrogen and oxygen atoms in total. The number of nitrogens with zero attached hydrogens (tertiary/aromatic N) is 1. The van der Waals surface area contributed by atoms with E-state index < -0.39 is 9.84 Å². The van der Waals surface area contributed by atoms with Crippen LogP contribution in [0.25, 0.3) is 0 Å². The maximum atomic E-state index is 12.0. The van der Waals surface area contributed by atoms with Crippen molar-refractivity contribution in [1.82, 2.24) is 10.2 Å². The van der Waals surface area contributed by atoms with Gasteiger partial charge in [0.05, 0.1) is 11.5 Å². The molecule has 1 atom stereocenters. The normalized spacial score (nSPS) is 20.6. The molecule has 1 N–H and O–H groups in total. The van der Waals surface area contributed by atoms with Crippen LogP contribution in [0.2, 0.25) is 0 Å². The van der Waals surface area contributed by atoms with E-state index in [-0.39, 0.29) is 23.6 Å². The summed E-state index contributed by atoms with van der Waals surface area (Å²) in [5.74, 6) is 0.259. The molecule has 20 heavy (non-hydrogen) atoms. The Bertz CT molecular complexity index is 557. The van der Waals surface area contributed by atoms with E-state index in [1.165, 1.54) is 10.5 Å². The zero-order chi connectivity index (χ0) is 14.6. The Hall–Kier alpha value is -1.56. The largest absolute Gasteiger partial charge is 0.338 e. The monoisotopic (exact) mass is 296 g/mol. The van der Waals surface area contributed by atoms with Crippen molar-refractivity contribution in [1.29, 1.82) is 0 Å². The molecule has 0 aliphatic carbocycles. The molecule has 1 aliphatic rings. The molecule has 0 spiro atoms. The minimum absolute atomic E-state index is 0.0790. The summed E-state index contributed by atoms with van der Waals surface area (Å²) in [5.41, 5.74) is 1.17. The van der Waals surface area contributed by atoms with E-state index in [4.69, 9.17) is 0 Å². The number of benzene rings is 1. The predicted molar refractivity (Wildman–Crippen MR) is 78.4 cm³/mol. The Balaban J connectivity index is 1.77. The minimum atomic E-state index is -2.96. The molecule has 6 heteroatoms. The summed E-state index contributed by atoms with van der Waals surface area (Å²) in [6.07, 6.45) is 1.30. The molecule has 2 rings (SSSR count). The number of rotatable bonds is 4. The van der Waals surface area contributed by atoms with Crippen LogP contribution in [0.1, 0.15) is 12.0 Å². The van der Waals surface area contributed by atoms with Crippen molar-refractivity contribution in [3.05, 3.63) is 35.9 Å². The van der Waals surface area contributed by atoms with Crippen molar-refractivity contribution >= 4 is 15.9 Å². The summed E-state index contributed by atoms with van der Waals surface area (Å²) in [6, 6.07) is 9.51. The predicted octanol–water partition coefficient (Wildman–Crippen LogP) is 1.06. The number of hydrogen-bond donors (Lipinski definition) is 1. The summed E-state index contributed by atoms with van der Waals surface area (Å²) in [7, 11) is -1.30. The molecule has 1 unspecified atom stereocenters. The summed E-state index contributed by atoms with van der Waals surface area (Å²) >= 11 is 0. The van der Waals surface area contributed by atoms with Gasteiger partial charge < -0.3 is 10.2 Å². The Labute approximate surface area is 119 Å². The summed E-state index contributed by atoms with van der Waals surface area (Å²) < 4.78 is 22.8. The van der Waals surface area contributed by atoms with E-state index in [1.54, 1.807) is 7.05 Å². The van der Waals surface area contributed by atoms with Crippen LogP contribution >= 0.6 is 0 Å². The molecule has 0 radical (unpaired) electrons. The third kappa shape index (κ3) is 3.96. The quantitative estimate of drug-likeness (QED) is 0.903. The molecule has 1 aromatic rings. The lowest BCUT2D eigenvalue weighted by atomic mass is 10.1.